The molecule has 3 aromatic carbocycles. The molecule has 158 valence electrons. The van der Waals surface area contributed by atoms with Crippen molar-refractivity contribution in [2.75, 3.05) is 18.5 Å². The zero-order valence-electron chi connectivity index (χ0n) is 17.4. The van der Waals surface area contributed by atoms with Crippen molar-refractivity contribution in [2.45, 2.75) is 20.3 Å². The summed E-state index contributed by atoms with van der Waals surface area (Å²) in [5.74, 6) is 1.30. The summed E-state index contributed by atoms with van der Waals surface area (Å²) in [5.41, 5.74) is 1.58. The minimum atomic E-state index is -0.229. The second-order valence-electron chi connectivity index (χ2n) is 6.85. The van der Waals surface area contributed by atoms with E-state index in [4.69, 9.17) is 13.9 Å². The van der Waals surface area contributed by atoms with E-state index in [0.717, 1.165) is 16.3 Å². The Bertz CT molecular complexity index is 1200. The number of nitrogens with one attached hydrogen (secondary N) is 1. The average molecular weight is 417 g/mol. The molecule has 1 aromatic heterocycles. The van der Waals surface area contributed by atoms with Crippen LogP contribution in [0.4, 0.5) is 6.01 Å². The molecule has 4 rings (SSSR count). The van der Waals surface area contributed by atoms with E-state index in [-0.39, 0.29) is 24.2 Å². The first kappa shape index (κ1) is 20.4. The van der Waals surface area contributed by atoms with Crippen LogP contribution in [0.25, 0.3) is 22.2 Å². The highest BCUT2D eigenvalue weighted by Crippen LogP contribution is 2.32. The van der Waals surface area contributed by atoms with Crippen LogP contribution in [0.3, 0.4) is 0 Å². The highest BCUT2D eigenvalue weighted by atomic mass is 16.5. The second kappa shape index (κ2) is 9.30. The molecule has 1 heterocycles. The van der Waals surface area contributed by atoms with Gasteiger partial charge < -0.3 is 13.9 Å². The molecular formula is C24H23N3O4. The van der Waals surface area contributed by atoms with E-state index in [1.807, 2.05) is 62.4 Å². The summed E-state index contributed by atoms with van der Waals surface area (Å²) < 4.78 is 16.8. The van der Waals surface area contributed by atoms with E-state index in [9.17, 15) is 4.79 Å². The van der Waals surface area contributed by atoms with Gasteiger partial charge in [-0.3, -0.25) is 10.1 Å². The van der Waals surface area contributed by atoms with Gasteiger partial charge in [0.05, 0.1) is 19.6 Å². The van der Waals surface area contributed by atoms with Gasteiger partial charge in [0.25, 0.3) is 0 Å². The van der Waals surface area contributed by atoms with Crippen LogP contribution in [0.2, 0.25) is 0 Å². The third-order valence-corrected chi connectivity index (χ3v) is 4.64. The maximum absolute atomic E-state index is 12.4. The van der Waals surface area contributed by atoms with Crippen molar-refractivity contribution >= 4 is 22.7 Å². The van der Waals surface area contributed by atoms with Gasteiger partial charge >= 0.3 is 6.01 Å². The summed E-state index contributed by atoms with van der Waals surface area (Å²) in [7, 11) is 0. The summed E-state index contributed by atoms with van der Waals surface area (Å²) in [6.07, 6.45) is 0.208. The van der Waals surface area contributed by atoms with E-state index < -0.39 is 0 Å². The Morgan fingerprint density at radius 1 is 0.903 bits per heavy atom. The fraction of sp³-hybridized carbons (Fsp3) is 0.208. The second-order valence-corrected chi connectivity index (χ2v) is 6.85. The first-order valence-electron chi connectivity index (χ1n) is 10.2. The molecule has 0 aliphatic rings. The molecule has 0 aliphatic heterocycles. The zero-order valence-corrected chi connectivity index (χ0v) is 17.4. The van der Waals surface area contributed by atoms with Gasteiger partial charge in [-0.05, 0) is 48.4 Å². The maximum Gasteiger partial charge on any atom is 0.322 e. The van der Waals surface area contributed by atoms with Gasteiger partial charge in [0.1, 0.15) is 0 Å². The molecule has 0 spiro atoms. The van der Waals surface area contributed by atoms with Crippen LogP contribution < -0.4 is 14.8 Å². The third-order valence-electron chi connectivity index (χ3n) is 4.64. The van der Waals surface area contributed by atoms with Crippen molar-refractivity contribution in [3.8, 4) is 23.0 Å². The Morgan fingerprint density at radius 3 is 2.48 bits per heavy atom. The van der Waals surface area contributed by atoms with Crippen LogP contribution in [0.5, 0.6) is 11.5 Å². The third kappa shape index (κ3) is 4.83. The molecule has 0 bridgehead atoms. The Balaban J connectivity index is 1.45. The minimum absolute atomic E-state index is 0.0487. The predicted octanol–water partition coefficient (Wildman–Crippen LogP) is 4.87. The van der Waals surface area contributed by atoms with Gasteiger partial charge in [-0.1, -0.05) is 47.6 Å². The lowest BCUT2D eigenvalue weighted by Gasteiger charge is -2.11. The molecule has 0 aliphatic carbocycles. The molecule has 0 saturated heterocycles. The lowest BCUT2D eigenvalue weighted by Crippen LogP contribution is -2.14. The molecular weight excluding hydrogens is 394 g/mol. The van der Waals surface area contributed by atoms with Gasteiger partial charge in [-0.15, -0.1) is 5.10 Å². The van der Waals surface area contributed by atoms with Crippen molar-refractivity contribution in [3.63, 3.8) is 0 Å². The fourth-order valence-corrected chi connectivity index (χ4v) is 3.27. The molecule has 7 nitrogen and oxygen atoms in total. The number of hydrogen-bond donors (Lipinski definition) is 1. The Labute approximate surface area is 180 Å². The highest BCUT2D eigenvalue weighted by Gasteiger charge is 2.15. The predicted molar refractivity (Wildman–Crippen MR) is 118 cm³/mol. The lowest BCUT2D eigenvalue weighted by molar-refractivity contribution is -0.115. The number of aromatic nitrogens is 2. The van der Waals surface area contributed by atoms with Crippen molar-refractivity contribution in [1.29, 1.82) is 0 Å². The standard InChI is InChI=1S/C24H23N3O4/c1-3-29-20-12-11-19(15-21(20)30-4-2)23-26-27-24(31-23)25-22(28)14-16-9-10-17-7-5-6-8-18(17)13-16/h5-13,15H,3-4,14H2,1-2H3,(H,25,27,28). The number of carbonyl (C=O) groups is 1. The van der Waals surface area contributed by atoms with Crippen molar-refractivity contribution < 1.29 is 18.7 Å². The van der Waals surface area contributed by atoms with E-state index in [2.05, 4.69) is 15.5 Å². The van der Waals surface area contributed by atoms with Crippen molar-refractivity contribution in [3.05, 3.63) is 66.2 Å². The summed E-state index contributed by atoms with van der Waals surface area (Å²) >= 11 is 0. The van der Waals surface area contributed by atoms with E-state index in [0.29, 0.717) is 30.3 Å². The lowest BCUT2D eigenvalue weighted by atomic mass is 10.1. The number of hydrogen-bond acceptors (Lipinski definition) is 6. The van der Waals surface area contributed by atoms with Gasteiger partial charge in [-0.25, -0.2) is 0 Å². The summed E-state index contributed by atoms with van der Waals surface area (Å²) in [6.45, 7) is 4.85. The SMILES string of the molecule is CCOc1ccc(-c2nnc(NC(=O)Cc3ccc4ccccc4c3)o2)cc1OCC. The monoisotopic (exact) mass is 417 g/mol. The molecule has 1 amide bonds. The molecule has 1 N–H and O–H groups in total. The largest absolute Gasteiger partial charge is 0.490 e. The van der Waals surface area contributed by atoms with Crippen LogP contribution in [0.1, 0.15) is 19.4 Å². The molecule has 0 radical (unpaired) electrons. The highest BCUT2D eigenvalue weighted by molar-refractivity contribution is 5.91. The number of rotatable bonds is 8. The van der Waals surface area contributed by atoms with Crippen molar-refractivity contribution in [1.82, 2.24) is 10.2 Å². The number of carbonyl (C=O) groups excluding carboxylic acids is 1. The Hall–Kier alpha value is -3.87. The number of nitrogens with zero attached hydrogens (tertiary/aromatic N) is 2. The Morgan fingerprint density at radius 2 is 1.68 bits per heavy atom. The molecule has 4 aromatic rings. The number of anilines is 1. The molecule has 0 unspecified atom stereocenters. The van der Waals surface area contributed by atoms with Crippen LogP contribution in [-0.2, 0) is 11.2 Å². The number of benzene rings is 3. The first-order valence-corrected chi connectivity index (χ1v) is 10.2. The topological polar surface area (TPSA) is 86.5 Å². The molecule has 0 fully saturated rings. The van der Waals surface area contributed by atoms with E-state index in [1.54, 1.807) is 12.1 Å². The summed E-state index contributed by atoms with van der Waals surface area (Å²) in [5, 5.41) is 12.9. The smallest absolute Gasteiger partial charge is 0.322 e. The maximum atomic E-state index is 12.4. The summed E-state index contributed by atoms with van der Waals surface area (Å²) in [6, 6.07) is 19.4. The summed E-state index contributed by atoms with van der Waals surface area (Å²) in [4.78, 5) is 12.4. The van der Waals surface area contributed by atoms with Crippen molar-refractivity contribution in [2.24, 2.45) is 0 Å². The normalized spacial score (nSPS) is 10.8. The van der Waals surface area contributed by atoms with Crippen LogP contribution in [0.15, 0.2) is 65.1 Å². The minimum Gasteiger partial charge on any atom is -0.490 e. The molecule has 31 heavy (non-hydrogen) atoms. The van der Waals surface area contributed by atoms with E-state index in [1.165, 1.54) is 0 Å². The zero-order chi connectivity index (χ0) is 21.6. The van der Waals surface area contributed by atoms with Gasteiger partial charge in [0, 0.05) is 5.56 Å². The number of amides is 1. The first-order chi connectivity index (χ1) is 15.2. The van der Waals surface area contributed by atoms with Crippen LogP contribution in [-0.4, -0.2) is 29.3 Å². The van der Waals surface area contributed by atoms with Crippen LogP contribution >= 0.6 is 0 Å². The van der Waals surface area contributed by atoms with Crippen LogP contribution in [0, 0.1) is 0 Å². The van der Waals surface area contributed by atoms with Gasteiger partial charge in [-0.2, -0.15) is 0 Å². The molecule has 0 atom stereocenters. The average Bonchev–Trinajstić information content (AvgIpc) is 3.23. The van der Waals surface area contributed by atoms with Gasteiger partial charge in [0.2, 0.25) is 11.8 Å². The van der Waals surface area contributed by atoms with E-state index >= 15 is 0 Å². The quantitative estimate of drug-likeness (QED) is 0.440. The van der Waals surface area contributed by atoms with Gasteiger partial charge in [0.15, 0.2) is 11.5 Å². The number of ether oxygens (including phenoxy) is 2. The molecule has 0 saturated carbocycles. The number of fused-ring (bicyclic) bond motifs is 1. The fourth-order valence-electron chi connectivity index (χ4n) is 3.27. The Kier molecular flexibility index (Phi) is 6.12. The molecule has 7 heteroatoms.